The number of carboxylic acids is 1. The summed E-state index contributed by atoms with van der Waals surface area (Å²) >= 11 is 0. The molecule has 3 N–H and O–H groups in total. The van der Waals surface area contributed by atoms with Gasteiger partial charge in [0.2, 0.25) is 0 Å². The van der Waals surface area contributed by atoms with E-state index in [0.29, 0.717) is 43.7 Å². The highest BCUT2D eigenvalue weighted by molar-refractivity contribution is 7.84. The molecule has 6 nitrogen and oxygen atoms in total. The van der Waals surface area contributed by atoms with Crippen molar-refractivity contribution in [2.75, 3.05) is 18.1 Å². The van der Waals surface area contributed by atoms with E-state index in [-0.39, 0.29) is 18.0 Å². The predicted octanol–water partition coefficient (Wildman–Crippen LogP) is 0.698. The fourth-order valence-corrected chi connectivity index (χ4v) is 2.76. The molecule has 0 heterocycles. The summed E-state index contributed by atoms with van der Waals surface area (Å²) in [4.78, 5) is 22.3. The Kier molecular flexibility index (Phi) is 6.83. The second-order valence-electron chi connectivity index (χ2n) is 4.72. The monoisotopic (exact) mass is 290 g/mol. The van der Waals surface area contributed by atoms with E-state index >= 15 is 0 Å². The quantitative estimate of drug-likeness (QED) is 0.671. The second-order valence-corrected chi connectivity index (χ2v) is 6.58. The summed E-state index contributed by atoms with van der Waals surface area (Å²) < 4.78 is 11.2. The SMILES string of the molecule is CCS(=O)CCNC(=O)NC1CCC(C(=O)O)CC1. The summed E-state index contributed by atoms with van der Waals surface area (Å²) in [6.45, 7) is 2.24. The first kappa shape index (κ1) is 15.9. The Morgan fingerprint density at radius 3 is 2.42 bits per heavy atom. The van der Waals surface area contributed by atoms with Crippen LogP contribution in [0.2, 0.25) is 0 Å². The summed E-state index contributed by atoms with van der Waals surface area (Å²) in [5.41, 5.74) is 0. The smallest absolute Gasteiger partial charge is 0.315 e. The molecule has 1 aliphatic carbocycles. The van der Waals surface area contributed by atoms with Gasteiger partial charge in [-0.1, -0.05) is 6.92 Å². The molecule has 0 radical (unpaired) electrons. The molecular formula is C12H22N2O4S. The number of carbonyl (C=O) groups is 2. The first-order valence-corrected chi connectivity index (χ1v) is 8.13. The molecular weight excluding hydrogens is 268 g/mol. The van der Waals surface area contributed by atoms with Crippen molar-refractivity contribution in [3.63, 3.8) is 0 Å². The molecule has 0 aliphatic heterocycles. The summed E-state index contributed by atoms with van der Waals surface area (Å²) in [5.74, 6) is 0.0519. The second kappa shape index (κ2) is 8.14. The van der Waals surface area contributed by atoms with Crippen molar-refractivity contribution in [3.05, 3.63) is 0 Å². The fourth-order valence-electron chi connectivity index (χ4n) is 2.14. The van der Waals surface area contributed by atoms with Gasteiger partial charge in [0.25, 0.3) is 0 Å². The maximum absolute atomic E-state index is 11.6. The molecule has 110 valence electrons. The zero-order valence-corrected chi connectivity index (χ0v) is 12.0. The van der Waals surface area contributed by atoms with Crippen LogP contribution in [0.5, 0.6) is 0 Å². The maximum Gasteiger partial charge on any atom is 0.315 e. The van der Waals surface area contributed by atoms with Crippen molar-refractivity contribution in [1.82, 2.24) is 10.6 Å². The van der Waals surface area contributed by atoms with Gasteiger partial charge in [0, 0.05) is 34.9 Å². The molecule has 0 aromatic rings. The molecule has 1 atom stereocenters. The van der Waals surface area contributed by atoms with Crippen molar-refractivity contribution in [3.8, 4) is 0 Å². The molecule has 2 amide bonds. The lowest BCUT2D eigenvalue weighted by molar-refractivity contribution is -0.142. The highest BCUT2D eigenvalue weighted by atomic mass is 32.2. The molecule has 0 aromatic carbocycles. The van der Waals surface area contributed by atoms with Gasteiger partial charge in [0.1, 0.15) is 0 Å². The van der Waals surface area contributed by atoms with E-state index in [1.807, 2.05) is 6.92 Å². The Bertz CT molecular complexity index is 341. The van der Waals surface area contributed by atoms with Gasteiger partial charge in [-0.15, -0.1) is 0 Å². The van der Waals surface area contributed by atoms with Gasteiger partial charge in [-0.2, -0.15) is 0 Å². The first-order chi connectivity index (χ1) is 9.02. The van der Waals surface area contributed by atoms with Crippen LogP contribution in [0.25, 0.3) is 0 Å². The molecule has 0 bridgehead atoms. The Morgan fingerprint density at radius 1 is 1.26 bits per heavy atom. The molecule has 1 saturated carbocycles. The van der Waals surface area contributed by atoms with Crippen LogP contribution in [0.3, 0.4) is 0 Å². The minimum Gasteiger partial charge on any atom is -0.481 e. The third-order valence-corrected chi connectivity index (χ3v) is 4.65. The van der Waals surface area contributed by atoms with Crippen LogP contribution in [0, 0.1) is 5.92 Å². The number of aliphatic carboxylic acids is 1. The molecule has 1 rings (SSSR count). The van der Waals surface area contributed by atoms with Crippen LogP contribution in [0.1, 0.15) is 32.6 Å². The first-order valence-electron chi connectivity index (χ1n) is 6.65. The van der Waals surface area contributed by atoms with E-state index in [2.05, 4.69) is 10.6 Å². The van der Waals surface area contributed by atoms with E-state index in [1.54, 1.807) is 0 Å². The van der Waals surface area contributed by atoms with Gasteiger partial charge in [0.05, 0.1) is 5.92 Å². The van der Waals surface area contributed by atoms with Gasteiger partial charge < -0.3 is 15.7 Å². The fraction of sp³-hybridized carbons (Fsp3) is 0.833. The Balaban J connectivity index is 2.16. The number of hydrogen-bond donors (Lipinski definition) is 3. The Hall–Kier alpha value is -1.11. The maximum atomic E-state index is 11.6. The normalized spacial score (nSPS) is 24.5. The predicted molar refractivity (Wildman–Crippen MR) is 73.5 cm³/mol. The van der Waals surface area contributed by atoms with Crippen LogP contribution in [0.4, 0.5) is 4.79 Å². The van der Waals surface area contributed by atoms with Crippen LogP contribution in [-0.4, -0.2) is 45.4 Å². The zero-order chi connectivity index (χ0) is 14.3. The van der Waals surface area contributed by atoms with Gasteiger partial charge in [-0.25, -0.2) is 4.79 Å². The lowest BCUT2D eigenvalue weighted by Crippen LogP contribution is -2.45. The Morgan fingerprint density at radius 2 is 1.89 bits per heavy atom. The number of carboxylic acid groups (broad SMARTS) is 1. The van der Waals surface area contributed by atoms with E-state index in [4.69, 9.17) is 5.11 Å². The van der Waals surface area contributed by atoms with Crippen molar-refractivity contribution >= 4 is 22.8 Å². The topological polar surface area (TPSA) is 95.5 Å². The number of hydrogen-bond acceptors (Lipinski definition) is 3. The number of urea groups is 1. The van der Waals surface area contributed by atoms with Gasteiger partial charge in [0.15, 0.2) is 0 Å². The molecule has 19 heavy (non-hydrogen) atoms. The lowest BCUT2D eigenvalue weighted by Gasteiger charge is -2.26. The highest BCUT2D eigenvalue weighted by Crippen LogP contribution is 2.24. The van der Waals surface area contributed by atoms with Crippen LogP contribution in [-0.2, 0) is 15.6 Å². The van der Waals surface area contributed by atoms with E-state index in [1.165, 1.54) is 0 Å². The minimum absolute atomic E-state index is 0.0484. The molecule has 0 saturated heterocycles. The van der Waals surface area contributed by atoms with Crippen LogP contribution in [0.15, 0.2) is 0 Å². The van der Waals surface area contributed by atoms with Gasteiger partial charge >= 0.3 is 12.0 Å². The summed E-state index contributed by atoms with van der Waals surface area (Å²) in [6.07, 6.45) is 2.62. The molecule has 1 aliphatic rings. The molecule has 0 spiro atoms. The van der Waals surface area contributed by atoms with E-state index < -0.39 is 16.8 Å². The Labute approximate surface area is 115 Å². The number of nitrogens with one attached hydrogen (secondary N) is 2. The third-order valence-electron chi connectivity index (χ3n) is 3.35. The van der Waals surface area contributed by atoms with Crippen LogP contribution >= 0.6 is 0 Å². The minimum atomic E-state index is -0.868. The third kappa shape index (κ3) is 6.04. The molecule has 0 aromatic heterocycles. The average Bonchev–Trinajstić information content (AvgIpc) is 2.39. The van der Waals surface area contributed by atoms with Crippen molar-refractivity contribution < 1.29 is 18.9 Å². The van der Waals surface area contributed by atoms with E-state index in [0.717, 1.165) is 0 Å². The standard InChI is InChI=1S/C12H22N2O4S/c1-2-19(18)8-7-13-12(17)14-10-5-3-9(4-6-10)11(15)16/h9-10H,2-8H2,1H3,(H,15,16)(H2,13,14,17). The zero-order valence-electron chi connectivity index (χ0n) is 11.2. The van der Waals surface area contributed by atoms with Crippen molar-refractivity contribution in [2.24, 2.45) is 5.92 Å². The van der Waals surface area contributed by atoms with Gasteiger partial charge in [-0.05, 0) is 25.7 Å². The average molecular weight is 290 g/mol. The number of carbonyl (C=O) groups excluding carboxylic acids is 1. The summed E-state index contributed by atoms with van der Waals surface area (Å²) in [5, 5.41) is 14.4. The van der Waals surface area contributed by atoms with Crippen LogP contribution < -0.4 is 10.6 Å². The number of rotatable bonds is 6. The van der Waals surface area contributed by atoms with Gasteiger partial charge in [-0.3, -0.25) is 9.00 Å². The molecule has 1 fully saturated rings. The highest BCUT2D eigenvalue weighted by Gasteiger charge is 2.26. The number of amides is 2. The van der Waals surface area contributed by atoms with Crippen molar-refractivity contribution in [2.45, 2.75) is 38.6 Å². The van der Waals surface area contributed by atoms with Crippen molar-refractivity contribution in [1.29, 1.82) is 0 Å². The summed E-state index contributed by atoms with van der Waals surface area (Å²) in [7, 11) is -0.868. The lowest BCUT2D eigenvalue weighted by atomic mass is 9.86. The largest absolute Gasteiger partial charge is 0.481 e. The van der Waals surface area contributed by atoms with E-state index in [9.17, 15) is 13.8 Å². The summed E-state index contributed by atoms with van der Waals surface area (Å²) in [6, 6.07) is -0.209. The molecule has 7 heteroatoms. The molecule has 1 unspecified atom stereocenters.